The number of unbranched alkanes of at least 4 members (excludes halogenated alkanes) is 5. The van der Waals surface area contributed by atoms with Crippen molar-refractivity contribution in [2.75, 3.05) is 5.75 Å². The monoisotopic (exact) mass is 337 g/mol. The molecule has 1 aromatic heterocycles. The molecule has 0 radical (unpaired) electrons. The van der Waals surface area contributed by atoms with Crippen molar-refractivity contribution < 1.29 is 9.59 Å². The molecule has 1 aliphatic carbocycles. The van der Waals surface area contributed by atoms with E-state index in [-0.39, 0.29) is 22.3 Å². The van der Waals surface area contributed by atoms with Gasteiger partial charge < -0.3 is 0 Å². The maximum atomic E-state index is 12.4. The summed E-state index contributed by atoms with van der Waals surface area (Å²) in [7, 11) is 0. The van der Waals surface area contributed by atoms with Crippen LogP contribution in [0.5, 0.6) is 0 Å². The number of carbonyl (C=O) groups excluding carboxylic acids is 2. The summed E-state index contributed by atoms with van der Waals surface area (Å²) >= 11 is 7.48. The Labute approximate surface area is 140 Å². The van der Waals surface area contributed by atoms with Gasteiger partial charge in [-0.05, 0) is 24.3 Å². The minimum atomic E-state index is -0.345. The lowest BCUT2D eigenvalue weighted by molar-refractivity contribution is 0.0984. The SMILES string of the molecule is CCCCCCCCSC1=C(Cl)C(=O)c2ncccc2C1=O. The number of Topliss-reactive ketones (excluding diaryl/α,β-unsaturated/α-hetero) is 2. The van der Waals surface area contributed by atoms with Gasteiger partial charge in [-0.3, -0.25) is 14.6 Å². The van der Waals surface area contributed by atoms with E-state index in [9.17, 15) is 9.59 Å². The molecular formula is C17H20ClNO2S. The van der Waals surface area contributed by atoms with Gasteiger partial charge in [-0.15, -0.1) is 11.8 Å². The number of thioether (sulfide) groups is 1. The normalized spacial score (nSPS) is 14.5. The van der Waals surface area contributed by atoms with Gasteiger partial charge in [-0.2, -0.15) is 0 Å². The summed E-state index contributed by atoms with van der Waals surface area (Å²) in [6, 6.07) is 3.30. The number of ketones is 2. The third-order valence-corrected chi connectivity index (χ3v) is 5.26. The molecule has 0 aromatic carbocycles. The van der Waals surface area contributed by atoms with E-state index in [4.69, 9.17) is 11.6 Å². The molecule has 0 saturated carbocycles. The number of hydrogen-bond acceptors (Lipinski definition) is 4. The van der Waals surface area contributed by atoms with E-state index in [0.717, 1.165) is 18.6 Å². The molecule has 1 aliphatic rings. The number of hydrogen-bond donors (Lipinski definition) is 0. The Morgan fingerprint density at radius 1 is 1.09 bits per heavy atom. The van der Waals surface area contributed by atoms with E-state index in [0.29, 0.717) is 10.5 Å². The summed E-state index contributed by atoms with van der Waals surface area (Å²) in [5.74, 6) is 0.290. The number of carbonyl (C=O) groups is 2. The van der Waals surface area contributed by atoms with Gasteiger partial charge in [0.1, 0.15) is 10.7 Å². The van der Waals surface area contributed by atoms with Gasteiger partial charge in [-0.25, -0.2) is 0 Å². The number of aromatic nitrogens is 1. The lowest BCUT2D eigenvalue weighted by atomic mass is 10.00. The smallest absolute Gasteiger partial charge is 0.224 e. The van der Waals surface area contributed by atoms with Crippen LogP contribution >= 0.6 is 23.4 Å². The second kappa shape index (κ2) is 8.49. The molecule has 0 amide bonds. The van der Waals surface area contributed by atoms with Crippen molar-refractivity contribution in [3.05, 3.63) is 39.5 Å². The second-order valence-corrected chi connectivity index (χ2v) is 6.80. The average molecular weight is 338 g/mol. The van der Waals surface area contributed by atoms with Gasteiger partial charge in [0.2, 0.25) is 11.6 Å². The molecule has 0 aliphatic heterocycles. The summed E-state index contributed by atoms with van der Waals surface area (Å²) in [5, 5.41) is 0.0205. The molecule has 118 valence electrons. The van der Waals surface area contributed by atoms with Gasteiger partial charge >= 0.3 is 0 Å². The molecule has 0 atom stereocenters. The molecule has 0 N–H and O–H groups in total. The van der Waals surface area contributed by atoms with Crippen molar-refractivity contribution in [2.24, 2.45) is 0 Å². The van der Waals surface area contributed by atoms with E-state index in [1.54, 1.807) is 12.1 Å². The summed E-state index contributed by atoms with van der Waals surface area (Å²) in [4.78, 5) is 28.9. The number of nitrogens with zero attached hydrogens (tertiary/aromatic N) is 1. The van der Waals surface area contributed by atoms with E-state index in [1.165, 1.54) is 43.6 Å². The number of pyridine rings is 1. The average Bonchev–Trinajstić information content (AvgIpc) is 2.54. The first-order valence-corrected chi connectivity index (χ1v) is 9.10. The van der Waals surface area contributed by atoms with Crippen LogP contribution in [0.25, 0.3) is 0 Å². The Kier molecular flexibility index (Phi) is 6.65. The number of allylic oxidation sites excluding steroid dienone is 2. The van der Waals surface area contributed by atoms with Crippen LogP contribution in [0.3, 0.4) is 0 Å². The van der Waals surface area contributed by atoms with Gasteiger partial charge in [0.15, 0.2) is 0 Å². The molecule has 3 nitrogen and oxygen atoms in total. The molecule has 0 bridgehead atoms. The first kappa shape index (κ1) is 17.2. The first-order chi connectivity index (χ1) is 10.7. The Morgan fingerprint density at radius 3 is 2.59 bits per heavy atom. The van der Waals surface area contributed by atoms with Crippen LogP contribution in [0.1, 0.15) is 66.3 Å². The fraction of sp³-hybridized carbons (Fsp3) is 0.471. The van der Waals surface area contributed by atoms with Crippen LogP contribution in [0.2, 0.25) is 0 Å². The van der Waals surface area contributed by atoms with Crippen molar-refractivity contribution in [1.29, 1.82) is 0 Å². The lowest BCUT2D eigenvalue weighted by Crippen LogP contribution is -2.20. The van der Waals surface area contributed by atoms with Crippen LogP contribution in [0.15, 0.2) is 28.3 Å². The van der Waals surface area contributed by atoms with Crippen molar-refractivity contribution in [3.63, 3.8) is 0 Å². The van der Waals surface area contributed by atoms with E-state index < -0.39 is 0 Å². The van der Waals surface area contributed by atoms with E-state index >= 15 is 0 Å². The lowest BCUT2D eigenvalue weighted by Gasteiger charge is -2.16. The van der Waals surface area contributed by atoms with Gasteiger partial charge in [0, 0.05) is 6.20 Å². The minimum absolute atomic E-state index is 0.0205. The zero-order valence-electron chi connectivity index (χ0n) is 12.7. The Morgan fingerprint density at radius 2 is 1.82 bits per heavy atom. The molecule has 5 heteroatoms. The number of halogens is 1. The largest absolute Gasteiger partial charge is 0.288 e. The number of rotatable bonds is 8. The van der Waals surface area contributed by atoms with Crippen molar-refractivity contribution in [1.82, 2.24) is 4.98 Å². The van der Waals surface area contributed by atoms with Crippen molar-refractivity contribution in [2.45, 2.75) is 45.4 Å². The summed E-state index contributed by atoms with van der Waals surface area (Å²) in [5.41, 5.74) is 0.531. The summed E-state index contributed by atoms with van der Waals surface area (Å²) < 4.78 is 0. The predicted octanol–water partition coefficient (Wildman–Crippen LogP) is 5.00. The van der Waals surface area contributed by atoms with Crippen LogP contribution in [-0.4, -0.2) is 22.3 Å². The molecule has 0 spiro atoms. The quantitative estimate of drug-likeness (QED) is 0.626. The molecule has 2 rings (SSSR count). The Balaban J connectivity index is 1.92. The van der Waals surface area contributed by atoms with Crippen molar-refractivity contribution >= 4 is 34.9 Å². The highest BCUT2D eigenvalue weighted by Gasteiger charge is 2.32. The third-order valence-electron chi connectivity index (χ3n) is 3.62. The summed E-state index contributed by atoms with van der Waals surface area (Å²) in [6.07, 6.45) is 8.69. The van der Waals surface area contributed by atoms with E-state index in [2.05, 4.69) is 11.9 Å². The minimum Gasteiger partial charge on any atom is -0.288 e. The summed E-state index contributed by atoms with van der Waals surface area (Å²) in [6.45, 7) is 2.20. The second-order valence-electron chi connectivity index (χ2n) is 5.32. The Bertz CT molecular complexity index is 598. The standard InChI is InChI=1S/C17H20ClNO2S/c1-2-3-4-5-6-7-11-22-17-13(18)16(21)14-12(15(17)20)9-8-10-19-14/h8-10H,2-7,11H2,1H3. The molecule has 0 saturated heterocycles. The fourth-order valence-electron chi connectivity index (χ4n) is 2.38. The third kappa shape index (κ3) is 3.99. The fourth-order valence-corrected chi connectivity index (χ4v) is 3.74. The number of fused-ring (bicyclic) bond motifs is 1. The highest BCUT2D eigenvalue weighted by atomic mass is 35.5. The highest BCUT2D eigenvalue weighted by Crippen LogP contribution is 2.34. The maximum Gasteiger partial charge on any atom is 0.224 e. The van der Waals surface area contributed by atoms with Crippen LogP contribution < -0.4 is 0 Å². The van der Waals surface area contributed by atoms with Crippen molar-refractivity contribution in [3.8, 4) is 0 Å². The molecule has 1 heterocycles. The zero-order chi connectivity index (χ0) is 15.9. The Hall–Kier alpha value is -1.13. The molecule has 1 aromatic rings. The van der Waals surface area contributed by atoms with Gasteiger partial charge in [-0.1, -0.05) is 50.6 Å². The molecule has 0 fully saturated rings. The zero-order valence-corrected chi connectivity index (χ0v) is 14.3. The van der Waals surface area contributed by atoms with E-state index in [1.807, 2.05) is 0 Å². The highest BCUT2D eigenvalue weighted by molar-refractivity contribution is 8.04. The predicted molar refractivity (Wildman–Crippen MR) is 91.6 cm³/mol. The molecule has 0 unspecified atom stereocenters. The topological polar surface area (TPSA) is 47.0 Å². The molecule has 22 heavy (non-hydrogen) atoms. The first-order valence-electron chi connectivity index (χ1n) is 7.73. The van der Waals surface area contributed by atoms with Gasteiger partial charge in [0.05, 0.1) is 10.5 Å². The maximum absolute atomic E-state index is 12.4. The van der Waals surface area contributed by atoms with Gasteiger partial charge in [0.25, 0.3) is 0 Å². The molecular weight excluding hydrogens is 318 g/mol. The van der Waals surface area contributed by atoms with Crippen LogP contribution in [0, 0.1) is 0 Å². The van der Waals surface area contributed by atoms with Crippen LogP contribution in [0.4, 0.5) is 0 Å². The van der Waals surface area contributed by atoms with Crippen LogP contribution in [-0.2, 0) is 0 Å².